The molecule has 2 nitrogen and oxygen atoms in total. The van der Waals surface area contributed by atoms with Gasteiger partial charge in [0.05, 0.1) is 10.6 Å². The van der Waals surface area contributed by atoms with Crippen molar-refractivity contribution in [1.82, 2.24) is 10.2 Å². The highest BCUT2D eigenvalue weighted by molar-refractivity contribution is 6.31. The largest absolute Gasteiger partial charge is 0.417 e. The third-order valence-corrected chi connectivity index (χ3v) is 5.25. The van der Waals surface area contributed by atoms with E-state index in [0.717, 1.165) is 45.4 Å². The van der Waals surface area contributed by atoms with Gasteiger partial charge in [-0.2, -0.15) is 13.2 Å². The Bertz CT molecular complexity index is 539. The zero-order valence-electron chi connectivity index (χ0n) is 12.3. The quantitative estimate of drug-likeness (QED) is 0.882. The van der Waals surface area contributed by atoms with Gasteiger partial charge in [0.25, 0.3) is 0 Å². The fourth-order valence-corrected chi connectivity index (χ4v) is 3.90. The van der Waals surface area contributed by atoms with Crippen LogP contribution in [0.3, 0.4) is 0 Å². The number of benzene rings is 1. The summed E-state index contributed by atoms with van der Waals surface area (Å²) < 4.78 is 38.8. The lowest BCUT2D eigenvalue weighted by Crippen LogP contribution is -2.38. The van der Waals surface area contributed by atoms with Crippen LogP contribution < -0.4 is 5.32 Å². The minimum Gasteiger partial charge on any atom is -0.317 e. The number of nitrogens with one attached hydrogen (secondary N) is 1. The lowest BCUT2D eigenvalue weighted by molar-refractivity contribution is -0.137. The van der Waals surface area contributed by atoms with Gasteiger partial charge in [0.15, 0.2) is 0 Å². The van der Waals surface area contributed by atoms with Gasteiger partial charge in [0, 0.05) is 13.1 Å². The normalized spacial score (nSPS) is 22.4. The van der Waals surface area contributed by atoms with Gasteiger partial charge in [-0.15, -0.1) is 0 Å². The van der Waals surface area contributed by atoms with Crippen LogP contribution in [0.2, 0.25) is 5.02 Å². The molecule has 2 heterocycles. The number of alkyl halides is 3. The molecule has 2 fully saturated rings. The highest BCUT2D eigenvalue weighted by Crippen LogP contribution is 2.40. The third kappa shape index (κ3) is 3.42. The first-order valence-electron chi connectivity index (χ1n) is 7.67. The molecular formula is C16H20ClF3N2. The van der Waals surface area contributed by atoms with Crippen LogP contribution in [0.1, 0.15) is 30.4 Å². The minimum atomic E-state index is -4.39. The molecule has 0 aromatic heterocycles. The molecule has 0 aliphatic carbocycles. The summed E-state index contributed by atoms with van der Waals surface area (Å²) >= 11 is 5.67. The third-order valence-electron chi connectivity index (χ3n) is 4.92. The maximum atomic E-state index is 12.9. The summed E-state index contributed by atoms with van der Waals surface area (Å²) in [5.41, 5.74) is 0.315. The fourth-order valence-electron chi connectivity index (χ4n) is 3.67. The lowest BCUT2D eigenvalue weighted by atomic mass is 9.78. The van der Waals surface area contributed by atoms with Crippen molar-refractivity contribution in [2.75, 3.05) is 26.2 Å². The molecular weight excluding hydrogens is 313 g/mol. The summed E-state index contributed by atoms with van der Waals surface area (Å²) in [5, 5.41) is 3.14. The van der Waals surface area contributed by atoms with Crippen molar-refractivity contribution in [3.05, 3.63) is 34.3 Å². The van der Waals surface area contributed by atoms with Gasteiger partial charge >= 0.3 is 6.18 Å². The van der Waals surface area contributed by atoms with E-state index in [-0.39, 0.29) is 5.02 Å². The predicted molar refractivity (Wildman–Crippen MR) is 80.9 cm³/mol. The Kier molecular flexibility index (Phi) is 4.40. The topological polar surface area (TPSA) is 15.3 Å². The monoisotopic (exact) mass is 332 g/mol. The Morgan fingerprint density at radius 1 is 1.18 bits per heavy atom. The van der Waals surface area contributed by atoms with Crippen molar-refractivity contribution < 1.29 is 13.2 Å². The molecule has 0 amide bonds. The maximum absolute atomic E-state index is 12.9. The molecule has 0 unspecified atom stereocenters. The molecule has 122 valence electrons. The van der Waals surface area contributed by atoms with E-state index in [4.69, 9.17) is 11.6 Å². The Hall–Kier alpha value is -0.780. The van der Waals surface area contributed by atoms with Crippen molar-refractivity contribution in [3.63, 3.8) is 0 Å². The van der Waals surface area contributed by atoms with Crippen LogP contribution in [0.4, 0.5) is 13.2 Å². The molecule has 1 N–H and O–H groups in total. The van der Waals surface area contributed by atoms with Gasteiger partial charge < -0.3 is 5.32 Å². The van der Waals surface area contributed by atoms with Crippen LogP contribution >= 0.6 is 11.6 Å². The van der Waals surface area contributed by atoms with Crippen molar-refractivity contribution in [3.8, 4) is 0 Å². The molecule has 0 bridgehead atoms. The van der Waals surface area contributed by atoms with Crippen LogP contribution in [0.25, 0.3) is 0 Å². The SMILES string of the molecule is FC(F)(F)c1cc(CN2CCC3(CCNCC3)C2)ccc1Cl. The standard InChI is InChI=1S/C16H20ClF3N2/c17-14-2-1-12(9-13(14)16(18,19)20)10-22-8-5-15(11-22)3-6-21-7-4-15/h1-2,9,21H,3-8,10-11H2. The molecule has 1 spiro atoms. The predicted octanol–water partition coefficient (Wildman–Crippen LogP) is 3.93. The van der Waals surface area contributed by atoms with E-state index in [2.05, 4.69) is 10.2 Å². The van der Waals surface area contributed by atoms with Crippen molar-refractivity contribution in [2.24, 2.45) is 5.41 Å². The number of hydrogen-bond donors (Lipinski definition) is 1. The summed E-state index contributed by atoms with van der Waals surface area (Å²) in [5.74, 6) is 0. The molecule has 2 saturated heterocycles. The second kappa shape index (κ2) is 6.02. The zero-order chi connectivity index (χ0) is 15.8. The molecule has 3 rings (SSSR count). The summed E-state index contributed by atoms with van der Waals surface area (Å²) in [6.45, 7) is 4.61. The summed E-state index contributed by atoms with van der Waals surface area (Å²) in [6.07, 6.45) is -0.918. The summed E-state index contributed by atoms with van der Waals surface area (Å²) in [4.78, 5) is 2.27. The highest BCUT2D eigenvalue weighted by Gasteiger charge is 2.39. The highest BCUT2D eigenvalue weighted by atomic mass is 35.5. The molecule has 6 heteroatoms. The number of likely N-dealkylation sites (tertiary alicyclic amines) is 1. The molecule has 22 heavy (non-hydrogen) atoms. The van der Waals surface area contributed by atoms with Crippen LogP contribution in [-0.4, -0.2) is 31.1 Å². The van der Waals surface area contributed by atoms with Gasteiger partial charge in [-0.3, -0.25) is 4.90 Å². The summed E-state index contributed by atoms with van der Waals surface area (Å²) in [7, 11) is 0. The van der Waals surface area contributed by atoms with Gasteiger partial charge in [0.1, 0.15) is 0 Å². The van der Waals surface area contributed by atoms with E-state index in [9.17, 15) is 13.2 Å². The second-order valence-corrected chi connectivity index (χ2v) is 6.93. The average molecular weight is 333 g/mol. The molecule has 0 radical (unpaired) electrons. The van der Waals surface area contributed by atoms with Gasteiger partial charge in [-0.1, -0.05) is 17.7 Å². The van der Waals surface area contributed by atoms with Crippen LogP contribution in [-0.2, 0) is 12.7 Å². The Labute approximate surface area is 133 Å². The lowest BCUT2D eigenvalue weighted by Gasteiger charge is -2.34. The number of piperidine rings is 1. The number of halogens is 4. The van der Waals surface area contributed by atoms with Gasteiger partial charge in [-0.05, 0) is 62.0 Å². The average Bonchev–Trinajstić information content (AvgIpc) is 2.83. The Balaban J connectivity index is 1.69. The molecule has 2 aliphatic heterocycles. The first-order valence-corrected chi connectivity index (χ1v) is 8.05. The maximum Gasteiger partial charge on any atom is 0.417 e. The van der Waals surface area contributed by atoms with Gasteiger partial charge in [0.2, 0.25) is 0 Å². The first-order chi connectivity index (χ1) is 10.4. The number of nitrogens with zero attached hydrogens (tertiary/aromatic N) is 1. The molecule has 1 aromatic rings. The smallest absolute Gasteiger partial charge is 0.317 e. The van der Waals surface area contributed by atoms with Crippen LogP contribution in [0.15, 0.2) is 18.2 Å². The minimum absolute atomic E-state index is 0.229. The van der Waals surface area contributed by atoms with E-state index in [1.807, 2.05) is 0 Å². The fraction of sp³-hybridized carbons (Fsp3) is 0.625. The second-order valence-electron chi connectivity index (χ2n) is 6.52. The molecule has 2 aliphatic rings. The van der Waals surface area contributed by atoms with E-state index in [0.29, 0.717) is 17.5 Å². The first kappa shape index (κ1) is 16.1. The van der Waals surface area contributed by atoms with E-state index in [1.165, 1.54) is 12.1 Å². The van der Waals surface area contributed by atoms with Crippen LogP contribution in [0.5, 0.6) is 0 Å². The van der Waals surface area contributed by atoms with Crippen LogP contribution in [0, 0.1) is 5.41 Å². The van der Waals surface area contributed by atoms with Crippen molar-refractivity contribution in [2.45, 2.75) is 32.0 Å². The molecule has 1 aromatic carbocycles. The van der Waals surface area contributed by atoms with E-state index < -0.39 is 11.7 Å². The molecule has 0 saturated carbocycles. The van der Waals surface area contributed by atoms with E-state index in [1.54, 1.807) is 6.07 Å². The molecule has 0 atom stereocenters. The zero-order valence-corrected chi connectivity index (χ0v) is 13.1. The van der Waals surface area contributed by atoms with Gasteiger partial charge in [-0.25, -0.2) is 0 Å². The van der Waals surface area contributed by atoms with Crippen molar-refractivity contribution in [1.29, 1.82) is 0 Å². The summed E-state index contributed by atoms with van der Waals surface area (Å²) in [6, 6.07) is 4.25. The van der Waals surface area contributed by atoms with Crippen molar-refractivity contribution >= 4 is 11.6 Å². The number of hydrogen-bond acceptors (Lipinski definition) is 2. The number of rotatable bonds is 2. The Morgan fingerprint density at radius 2 is 1.91 bits per heavy atom. The Morgan fingerprint density at radius 3 is 2.59 bits per heavy atom. The van der Waals surface area contributed by atoms with E-state index >= 15 is 0 Å².